The molecule has 1 aromatic rings. The SMILES string of the molecule is CC(C)CNC(=O)c1ccc(NC(=O)CNC(=O)CN)cc1Cl. The van der Waals surface area contributed by atoms with Crippen molar-refractivity contribution in [1.29, 1.82) is 0 Å². The van der Waals surface area contributed by atoms with Gasteiger partial charge in [0, 0.05) is 12.2 Å². The van der Waals surface area contributed by atoms with E-state index < -0.39 is 11.8 Å². The summed E-state index contributed by atoms with van der Waals surface area (Å²) < 4.78 is 0. The molecule has 0 atom stereocenters. The molecule has 0 aliphatic heterocycles. The van der Waals surface area contributed by atoms with Crippen molar-refractivity contribution >= 4 is 35.0 Å². The highest BCUT2D eigenvalue weighted by molar-refractivity contribution is 6.34. The van der Waals surface area contributed by atoms with Gasteiger partial charge < -0.3 is 21.7 Å². The fraction of sp³-hybridized carbons (Fsp3) is 0.400. The number of carbonyl (C=O) groups excluding carboxylic acids is 3. The van der Waals surface area contributed by atoms with Gasteiger partial charge in [-0.2, -0.15) is 0 Å². The second-order valence-electron chi connectivity index (χ2n) is 5.33. The number of hydrogen-bond donors (Lipinski definition) is 4. The molecule has 0 fully saturated rings. The molecule has 0 saturated heterocycles. The van der Waals surface area contributed by atoms with Crippen LogP contribution in [0.25, 0.3) is 0 Å². The lowest BCUT2D eigenvalue weighted by molar-refractivity contribution is -0.123. The first kappa shape index (κ1) is 18.9. The van der Waals surface area contributed by atoms with E-state index in [1.54, 1.807) is 6.07 Å². The average Bonchev–Trinajstić information content (AvgIpc) is 2.50. The number of halogens is 1. The highest BCUT2D eigenvalue weighted by atomic mass is 35.5. The lowest BCUT2D eigenvalue weighted by Crippen LogP contribution is -2.36. The molecule has 0 radical (unpaired) electrons. The Hall–Kier alpha value is -2.12. The Bertz CT molecular complexity index is 590. The van der Waals surface area contributed by atoms with Crippen molar-refractivity contribution in [3.63, 3.8) is 0 Å². The van der Waals surface area contributed by atoms with Gasteiger partial charge in [0.25, 0.3) is 5.91 Å². The molecule has 0 unspecified atom stereocenters. The minimum Gasteiger partial charge on any atom is -0.352 e. The van der Waals surface area contributed by atoms with E-state index in [-0.39, 0.29) is 24.0 Å². The number of rotatable bonds is 7. The fourth-order valence-electron chi connectivity index (χ4n) is 1.63. The number of benzene rings is 1. The van der Waals surface area contributed by atoms with Gasteiger partial charge in [-0.25, -0.2) is 0 Å². The number of nitrogens with one attached hydrogen (secondary N) is 3. The molecule has 0 aromatic heterocycles. The third-order valence-electron chi connectivity index (χ3n) is 2.80. The van der Waals surface area contributed by atoms with Gasteiger partial charge in [0.05, 0.1) is 23.7 Å². The first-order chi connectivity index (χ1) is 10.8. The smallest absolute Gasteiger partial charge is 0.252 e. The Kier molecular flexibility index (Phi) is 7.50. The van der Waals surface area contributed by atoms with Crippen molar-refractivity contribution in [1.82, 2.24) is 10.6 Å². The molecule has 0 heterocycles. The molecule has 23 heavy (non-hydrogen) atoms. The Balaban J connectivity index is 2.63. The molecule has 0 aliphatic carbocycles. The van der Waals surface area contributed by atoms with Crippen LogP contribution in [0.4, 0.5) is 5.69 Å². The minimum atomic E-state index is -0.421. The van der Waals surface area contributed by atoms with Crippen LogP contribution in [0, 0.1) is 5.92 Å². The fourth-order valence-corrected chi connectivity index (χ4v) is 1.89. The first-order valence-electron chi connectivity index (χ1n) is 7.17. The number of anilines is 1. The summed E-state index contributed by atoms with van der Waals surface area (Å²) in [7, 11) is 0. The number of carbonyl (C=O) groups is 3. The van der Waals surface area contributed by atoms with Gasteiger partial charge in [0.1, 0.15) is 0 Å². The van der Waals surface area contributed by atoms with Crippen LogP contribution in [0.1, 0.15) is 24.2 Å². The maximum absolute atomic E-state index is 12.0. The topological polar surface area (TPSA) is 113 Å². The van der Waals surface area contributed by atoms with Crippen LogP contribution >= 0.6 is 11.6 Å². The van der Waals surface area contributed by atoms with E-state index in [0.29, 0.717) is 23.7 Å². The highest BCUT2D eigenvalue weighted by Gasteiger charge is 2.12. The normalized spacial score (nSPS) is 10.3. The predicted octanol–water partition coefficient (Wildman–Crippen LogP) is 0.739. The van der Waals surface area contributed by atoms with E-state index in [0.717, 1.165) is 0 Å². The Labute approximate surface area is 139 Å². The summed E-state index contributed by atoms with van der Waals surface area (Å²) >= 11 is 6.07. The summed E-state index contributed by atoms with van der Waals surface area (Å²) in [5.74, 6) is -0.771. The van der Waals surface area contributed by atoms with Gasteiger partial charge in [-0.3, -0.25) is 14.4 Å². The van der Waals surface area contributed by atoms with E-state index in [1.807, 2.05) is 13.8 Å². The van der Waals surface area contributed by atoms with Crippen molar-refractivity contribution in [2.75, 3.05) is 25.0 Å². The Morgan fingerprint density at radius 3 is 2.43 bits per heavy atom. The van der Waals surface area contributed by atoms with Crippen LogP contribution < -0.4 is 21.7 Å². The van der Waals surface area contributed by atoms with Crippen LogP contribution in [0.2, 0.25) is 5.02 Å². The molecule has 7 nitrogen and oxygen atoms in total. The van der Waals surface area contributed by atoms with Gasteiger partial charge in [0.15, 0.2) is 0 Å². The molecule has 0 saturated carbocycles. The summed E-state index contributed by atoms with van der Waals surface area (Å²) in [5.41, 5.74) is 5.89. The Morgan fingerprint density at radius 2 is 1.87 bits per heavy atom. The van der Waals surface area contributed by atoms with Gasteiger partial charge in [-0.1, -0.05) is 25.4 Å². The standard InChI is InChI=1S/C15H21ClN4O3/c1-9(2)7-19-15(23)11-4-3-10(5-12(11)16)20-14(22)8-18-13(21)6-17/h3-5,9H,6-8,17H2,1-2H3,(H,18,21)(H,19,23)(H,20,22). The molecule has 5 N–H and O–H groups in total. The van der Waals surface area contributed by atoms with Gasteiger partial charge in [-0.15, -0.1) is 0 Å². The van der Waals surface area contributed by atoms with Crippen LogP contribution in [0.15, 0.2) is 18.2 Å². The van der Waals surface area contributed by atoms with Crippen molar-refractivity contribution < 1.29 is 14.4 Å². The number of amides is 3. The van der Waals surface area contributed by atoms with E-state index >= 15 is 0 Å². The van der Waals surface area contributed by atoms with Crippen molar-refractivity contribution in [3.8, 4) is 0 Å². The predicted molar refractivity (Wildman–Crippen MR) is 89.3 cm³/mol. The van der Waals surface area contributed by atoms with Gasteiger partial charge in [0.2, 0.25) is 11.8 Å². The molecule has 1 rings (SSSR count). The number of hydrogen-bond acceptors (Lipinski definition) is 4. The van der Waals surface area contributed by atoms with Crippen molar-refractivity contribution in [3.05, 3.63) is 28.8 Å². The minimum absolute atomic E-state index is 0.181. The molecule has 0 spiro atoms. The van der Waals surface area contributed by atoms with Crippen molar-refractivity contribution in [2.24, 2.45) is 11.7 Å². The van der Waals surface area contributed by atoms with Gasteiger partial charge in [-0.05, 0) is 24.1 Å². The average molecular weight is 341 g/mol. The highest BCUT2D eigenvalue weighted by Crippen LogP contribution is 2.21. The second kappa shape index (κ2) is 9.12. The van der Waals surface area contributed by atoms with E-state index in [9.17, 15) is 14.4 Å². The lowest BCUT2D eigenvalue weighted by Gasteiger charge is -2.11. The first-order valence-corrected chi connectivity index (χ1v) is 7.55. The molecule has 0 bridgehead atoms. The van der Waals surface area contributed by atoms with Crippen LogP contribution in [-0.2, 0) is 9.59 Å². The summed E-state index contributed by atoms with van der Waals surface area (Å²) in [6.45, 7) is 4.16. The zero-order chi connectivity index (χ0) is 17.4. The molecule has 126 valence electrons. The third-order valence-corrected chi connectivity index (χ3v) is 3.11. The maximum Gasteiger partial charge on any atom is 0.252 e. The maximum atomic E-state index is 12.0. The third kappa shape index (κ3) is 6.66. The van der Waals surface area contributed by atoms with Crippen LogP contribution in [0.3, 0.4) is 0 Å². The van der Waals surface area contributed by atoms with Crippen molar-refractivity contribution in [2.45, 2.75) is 13.8 Å². The molecular weight excluding hydrogens is 320 g/mol. The van der Waals surface area contributed by atoms with Crippen LogP contribution in [-0.4, -0.2) is 37.4 Å². The molecular formula is C15H21ClN4O3. The molecule has 0 aliphatic rings. The molecule has 3 amide bonds. The Morgan fingerprint density at radius 1 is 1.17 bits per heavy atom. The second-order valence-corrected chi connectivity index (χ2v) is 5.73. The zero-order valence-electron chi connectivity index (χ0n) is 13.1. The monoisotopic (exact) mass is 340 g/mol. The lowest BCUT2D eigenvalue weighted by atomic mass is 10.1. The van der Waals surface area contributed by atoms with Gasteiger partial charge >= 0.3 is 0 Å². The summed E-state index contributed by atoms with van der Waals surface area (Å²) in [6.07, 6.45) is 0. The summed E-state index contributed by atoms with van der Waals surface area (Å²) in [6, 6.07) is 4.58. The quantitative estimate of drug-likeness (QED) is 0.586. The van der Waals surface area contributed by atoms with E-state index in [2.05, 4.69) is 16.0 Å². The van der Waals surface area contributed by atoms with Crippen LogP contribution in [0.5, 0.6) is 0 Å². The summed E-state index contributed by atoms with van der Waals surface area (Å²) in [5, 5.41) is 7.92. The molecule has 1 aromatic carbocycles. The number of nitrogens with two attached hydrogens (primary N) is 1. The zero-order valence-corrected chi connectivity index (χ0v) is 13.9. The van der Waals surface area contributed by atoms with E-state index in [4.69, 9.17) is 17.3 Å². The molecule has 8 heteroatoms. The summed E-state index contributed by atoms with van der Waals surface area (Å²) in [4.78, 5) is 34.6. The van der Waals surface area contributed by atoms with E-state index in [1.165, 1.54) is 12.1 Å². The largest absolute Gasteiger partial charge is 0.352 e.